The maximum atomic E-state index is 13.6. The first-order valence-corrected chi connectivity index (χ1v) is 12.0. The highest BCUT2D eigenvalue weighted by atomic mass is 19.4. The highest BCUT2D eigenvalue weighted by Gasteiger charge is 2.42. The van der Waals surface area contributed by atoms with Crippen LogP contribution in [-0.4, -0.2) is 29.0 Å². The molecule has 0 unspecified atom stereocenters. The van der Waals surface area contributed by atoms with Crippen molar-refractivity contribution >= 4 is 17.7 Å². The van der Waals surface area contributed by atoms with Crippen molar-refractivity contribution in [2.45, 2.75) is 77.4 Å². The number of nitrogens with zero attached hydrogens (tertiary/aromatic N) is 2. The van der Waals surface area contributed by atoms with Crippen LogP contribution in [-0.2, 0) is 34.6 Å². The Kier molecular flexibility index (Phi) is 8.43. The number of hydrogen-bond acceptors (Lipinski definition) is 3. The fourth-order valence-electron chi connectivity index (χ4n) is 4.59. The second-order valence-electron chi connectivity index (χ2n) is 9.74. The molecule has 1 aliphatic heterocycles. The number of rotatable bonds is 4. The number of benzene rings is 2. The van der Waals surface area contributed by atoms with Crippen LogP contribution in [0.3, 0.4) is 0 Å². The molecule has 2 atom stereocenters. The van der Waals surface area contributed by atoms with Crippen LogP contribution in [0.2, 0.25) is 0 Å². The van der Waals surface area contributed by atoms with Gasteiger partial charge in [0.25, 0.3) is 0 Å². The summed E-state index contributed by atoms with van der Waals surface area (Å²) in [6.07, 6.45) is -16.7. The zero-order valence-electron chi connectivity index (χ0n) is 21.6. The molecule has 0 bridgehead atoms. The fourth-order valence-corrected chi connectivity index (χ4v) is 4.59. The molecule has 2 aromatic rings. The van der Waals surface area contributed by atoms with Crippen LogP contribution in [0.25, 0.3) is 0 Å². The van der Waals surface area contributed by atoms with Gasteiger partial charge in [0, 0.05) is 19.5 Å². The van der Waals surface area contributed by atoms with Crippen molar-refractivity contribution in [3.05, 3.63) is 64.2 Å². The maximum absolute atomic E-state index is 13.6. The van der Waals surface area contributed by atoms with Crippen LogP contribution in [0.5, 0.6) is 0 Å². The molecule has 2 aromatic carbocycles. The third-order valence-electron chi connectivity index (χ3n) is 6.29. The van der Waals surface area contributed by atoms with Gasteiger partial charge in [-0.1, -0.05) is 0 Å². The van der Waals surface area contributed by atoms with Crippen LogP contribution in [0.4, 0.5) is 50.0 Å². The lowest BCUT2D eigenvalue weighted by atomic mass is 9.89. The maximum Gasteiger partial charge on any atom is 0.416 e. The molecule has 0 saturated carbocycles. The van der Waals surface area contributed by atoms with Crippen molar-refractivity contribution < 1.29 is 53.8 Å². The minimum atomic E-state index is -5.14. The van der Waals surface area contributed by atoms with E-state index in [0.717, 1.165) is 28.9 Å². The van der Waals surface area contributed by atoms with Gasteiger partial charge in [0.1, 0.15) is 0 Å². The Balaban J connectivity index is 2.17. The monoisotopic (exact) mass is 584 g/mol. The van der Waals surface area contributed by atoms with E-state index in [2.05, 4.69) is 0 Å². The van der Waals surface area contributed by atoms with E-state index in [1.54, 1.807) is 13.8 Å². The van der Waals surface area contributed by atoms with Gasteiger partial charge in [-0.05, 0) is 74.7 Å². The smallest absolute Gasteiger partial charge is 0.416 e. The molecule has 3 rings (SSSR count). The first-order valence-electron chi connectivity index (χ1n) is 12.0. The van der Waals surface area contributed by atoms with Gasteiger partial charge in [0.15, 0.2) is 0 Å². The lowest BCUT2D eigenvalue weighted by Gasteiger charge is -2.43. The second kappa shape index (κ2) is 10.8. The Morgan fingerprint density at radius 1 is 0.900 bits per heavy atom. The van der Waals surface area contributed by atoms with Gasteiger partial charge in [-0.15, -0.1) is 0 Å². The number of amides is 2. The predicted molar refractivity (Wildman–Crippen MR) is 125 cm³/mol. The molecule has 0 spiro atoms. The van der Waals surface area contributed by atoms with E-state index in [1.165, 1.54) is 6.92 Å². The predicted octanol–water partition coefficient (Wildman–Crippen LogP) is 7.98. The van der Waals surface area contributed by atoms with Gasteiger partial charge in [-0.25, -0.2) is 4.79 Å². The number of carbonyl (C=O) groups excluding carboxylic acids is 2. The van der Waals surface area contributed by atoms with Crippen molar-refractivity contribution in [3.63, 3.8) is 0 Å². The lowest BCUT2D eigenvalue weighted by Crippen LogP contribution is -2.48. The van der Waals surface area contributed by atoms with E-state index in [0.29, 0.717) is 18.2 Å². The number of carbonyl (C=O) groups is 2. The molecule has 0 saturated heterocycles. The zero-order chi connectivity index (χ0) is 30.4. The highest BCUT2D eigenvalue weighted by Crippen LogP contribution is 2.45. The number of alkyl halides is 9. The summed E-state index contributed by atoms with van der Waals surface area (Å²) in [6, 6.07) is 1.31. The van der Waals surface area contributed by atoms with Gasteiger partial charge in [-0.2, -0.15) is 39.5 Å². The van der Waals surface area contributed by atoms with Crippen LogP contribution in [0, 0.1) is 0 Å². The Morgan fingerprint density at radius 2 is 1.43 bits per heavy atom. The molecule has 220 valence electrons. The summed E-state index contributed by atoms with van der Waals surface area (Å²) < 4.78 is 126. The summed E-state index contributed by atoms with van der Waals surface area (Å²) in [4.78, 5) is 27.5. The molecule has 0 radical (unpaired) electrons. The SMILES string of the molecule is CC(=O)N(Cc1cc(C(F)(F)F)cc(C(F)(F)F)c1)[C@@H]1C[C@H](C)N(C(=O)OC(C)C)c2ccc(C(F)(F)F)cc21. The molecule has 0 aromatic heterocycles. The summed E-state index contributed by atoms with van der Waals surface area (Å²) in [7, 11) is 0. The van der Waals surface area contributed by atoms with Crippen molar-refractivity contribution in [1.82, 2.24) is 4.90 Å². The van der Waals surface area contributed by atoms with E-state index in [-0.39, 0.29) is 23.7 Å². The minimum Gasteiger partial charge on any atom is -0.446 e. The van der Waals surface area contributed by atoms with Gasteiger partial charge >= 0.3 is 24.6 Å². The summed E-state index contributed by atoms with van der Waals surface area (Å²) in [6.45, 7) is 4.87. The molecule has 1 heterocycles. The molecule has 2 amide bonds. The van der Waals surface area contributed by atoms with Crippen molar-refractivity contribution in [2.24, 2.45) is 0 Å². The van der Waals surface area contributed by atoms with Crippen LogP contribution >= 0.6 is 0 Å². The van der Waals surface area contributed by atoms with Gasteiger partial charge in [0.2, 0.25) is 5.91 Å². The molecule has 14 heteroatoms. The van der Waals surface area contributed by atoms with Gasteiger partial charge < -0.3 is 9.64 Å². The second-order valence-corrected chi connectivity index (χ2v) is 9.74. The van der Waals surface area contributed by atoms with Crippen LogP contribution in [0.1, 0.15) is 68.0 Å². The van der Waals surface area contributed by atoms with E-state index < -0.39 is 77.5 Å². The standard InChI is InChI=1S/C26H25F9N2O3/c1-13(2)40-23(39)37-14(3)7-22(20-11-17(24(27,28)29)5-6-21(20)37)36(15(4)38)12-16-8-18(25(30,31)32)10-19(9-16)26(33,34)35/h5-6,8-11,13-14,22H,7,12H2,1-4H3/t14-,22+/m0/s1. The van der Waals surface area contributed by atoms with E-state index in [9.17, 15) is 49.1 Å². The number of anilines is 1. The molecular formula is C26H25F9N2O3. The molecule has 0 fully saturated rings. The third kappa shape index (κ3) is 6.81. The molecular weight excluding hydrogens is 559 g/mol. The summed E-state index contributed by atoms with van der Waals surface area (Å²) in [5.41, 5.74) is -5.04. The third-order valence-corrected chi connectivity index (χ3v) is 6.29. The summed E-state index contributed by atoms with van der Waals surface area (Å²) >= 11 is 0. The van der Waals surface area contributed by atoms with Crippen LogP contribution < -0.4 is 4.90 Å². The largest absolute Gasteiger partial charge is 0.446 e. The minimum absolute atomic E-state index is 0.0336. The average Bonchev–Trinajstić information content (AvgIpc) is 2.79. The first kappa shape index (κ1) is 31.1. The summed E-state index contributed by atoms with van der Waals surface area (Å²) in [5, 5.41) is 0. The Hall–Kier alpha value is -3.45. The van der Waals surface area contributed by atoms with Gasteiger partial charge in [-0.3, -0.25) is 9.69 Å². The van der Waals surface area contributed by atoms with Crippen molar-refractivity contribution in [1.29, 1.82) is 0 Å². The molecule has 0 aliphatic carbocycles. The van der Waals surface area contributed by atoms with E-state index in [4.69, 9.17) is 4.74 Å². The van der Waals surface area contributed by atoms with Crippen molar-refractivity contribution in [3.8, 4) is 0 Å². The Bertz CT molecular complexity index is 1240. The summed E-state index contributed by atoms with van der Waals surface area (Å²) in [5.74, 6) is -0.815. The van der Waals surface area contributed by atoms with Gasteiger partial charge in [0.05, 0.1) is 34.5 Å². The number of hydrogen-bond donors (Lipinski definition) is 0. The molecule has 40 heavy (non-hydrogen) atoms. The topological polar surface area (TPSA) is 49.9 Å². The Morgan fingerprint density at radius 3 is 1.88 bits per heavy atom. The Labute approximate surface area is 223 Å². The highest BCUT2D eigenvalue weighted by molar-refractivity contribution is 5.90. The molecule has 1 aliphatic rings. The van der Waals surface area contributed by atoms with Crippen molar-refractivity contribution in [2.75, 3.05) is 4.90 Å². The number of ether oxygens (including phenoxy) is 1. The number of fused-ring (bicyclic) bond motifs is 1. The van der Waals surface area contributed by atoms with E-state index in [1.807, 2.05) is 0 Å². The fraction of sp³-hybridized carbons (Fsp3) is 0.462. The number of halogens is 9. The quantitative estimate of drug-likeness (QED) is 0.343. The van der Waals surface area contributed by atoms with E-state index >= 15 is 0 Å². The lowest BCUT2D eigenvalue weighted by molar-refractivity contribution is -0.143. The zero-order valence-corrected chi connectivity index (χ0v) is 21.6. The normalized spacial score (nSPS) is 18.0. The molecule has 5 nitrogen and oxygen atoms in total. The molecule has 0 N–H and O–H groups in total. The average molecular weight is 584 g/mol. The first-order chi connectivity index (χ1) is 18.2. The van der Waals surface area contributed by atoms with Crippen LogP contribution in [0.15, 0.2) is 36.4 Å².